The summed E-state index contributed by atoms with van der Waals surface area (Å²) >= 11 is 5.84. The molecule has 2 rings (SSSR count). The Balaban J connectivity index is 0.00000338. The van der Waals surface area contributed by atoms with Gasteiger partial charge in [-0.25, -0.2) is 4.98 Å². The normalized spacial score (nSPS) is 12.9. The smallest absolute Gasteiger partial charge is 0.323 e. The molecular weight excluding hydrogens is 423 g/mol. The molecule has 0 aliphatic rings. The van der Waals surface area contributed by atoms with Crippen LogP contribution < -0.4 is 17.0 Å². The van der Waals surface area contributed by atoms with E-state index in [4.69, 9.17) is 32.5 Å². The molecular formula is C14H23Cl3N6O4. The zero-order valence-corrected chi connectivity index (χ0v) is 17.1. The first-order chi connectivity index (χ1) is 11.8. The Morgan fingerprint density at radius 3 is 2.67 bits per heavy atom. The Morgan fingerprint density at radius 2 is 2.07 bits per heavy atom. The maximum Gasteiger partial charge on any atom is 0.323 e. The lowest BCUT2D eigenvalue weighted by Gasteiger charge is -2.19. The summed E-state index contributed by atoms with van der Waals surface area (Å²) in [4.78, 5) is 33.8. The minimum Gasteiger partial charge on any atom is -0.462 e. The van der Waals surface area contributed by atoms with Crippen molar-refractivity contribution >= 4 is 59.5 Å². The van der Waals surface area contributed by atoms with E-state index in [-0.39, 0.29) is 67.1 Å². The van der Waals surface area contributed by atoms with E-state index in [0.717, 1.165) is 0 Å². The summed E-state index contributed by atoms with van der Waals surface area (Å²) in [6.45, 7) is 3.63. The lowest BCUT2D eigenvalue weighted by atomic mass is 10.1. The number of fused-ring (bicyclic) bond motifs is 1. The fraction of sp³-hybridized carbons (Fsp3) is 0.571. The molecule has 0 spiro atoms. The molecule has 0 aliphatic carbocycles. The number of nitrogens with zero attached hydrogens (tertiary/aromatic N) is 3. The largest absolute Gasteiger partial charge is 0.462 e. The SMILES string of the molecule is CC(C)[C@H](N)C(=O)OCC(CCl)OCn1cnc2c(=O)[nH]c(N)nc21.Cl.Cl. The molecule has 154 valence electrons. The summed E-state index contributed by atoms with van der Waals surface area (Å²) in [6.07, 6.45) is 0.847. The van der Waals surface area contributed by atoms with Crippen LogP contribution in [0.25, 0.3) is 11.2 Å². The number of rotatable bonds is 8. The standard InChI is InChI=1S/C14H21ClN6O4.2ClH/c1-7(2)9(16)13(23)24-4-8(3-15)25-6-21-5-18-10-11(21)19-14(17)20-12(10)22;;/h5,7-9H,3-4,6,16H2,1-2H3,(H3,17,19,20,22);2*1H/t8?,9-;;/m0../s1. The van der Waals surface area contributed by atoms with Crippen LogP contribution >= 0.6 is 36.4 Å². The van der Waals surface area contributed by atoms with Gasteiger partial charge < -0.3 is 20.9 Å². The number of imidazole rings is 1. The van der Waals surface area contributed by atoms with Gasteiger partial charge >= 0.3 is 5.97 Å². The van der Waals surface area contributed by atoms with E-state index in [0.29, 0.717) is 0 Å². The molecule has 10 nitrogen and oxygen atoms in total. The van der Waals surface area contributed by atoms with Crippen molar-refractivity contribution in [3.63, 3.8) is 0 Å². The van der Waals surface area contributed by atoms with Crippen LogP contribution in [0.15, 0.2) is 11.1 Å². The quantitative estimate of drug-likeness (QED) is 0.396. The molecule has 1 unspecified atom stereocenters. The number of nitrogens with two attached hydrogens (primary N) is 2. The first-order valence-corrected chi connectivity index (χ1v) is 8.17. The number of hydrogen-bond donors (Lipinski definition) is 3. The second-order valence-electron chi connectivity index (χ2n) is 5.81. The molecule has 0 radical (unpaired) electrons. The van der Waals surface area contributed by atoms with Gasteiger partial charge in [0.25, 0.3) is 5.56 Å². The molecule has 2 aromatic rings. The first kappa shape index (κ1) is 25.4. The van der Waals surface area contributed by atoms with Crippen LogP contribution in [-0.2, 0) is 21.0 Å². The fourth-order valence-electron chi connectivity index (χ4n) is 1.93. The molecule has 13 heteroatoms. The van der Waals surface area contributed by atoms with Gasteiger partial charge in [-0.2, -0.15) is 4.98 Å². The van der Waals surface area contributed by atoms with Crippen molar-refractivity contribution in [2.24, 2.45) is 11.7 Å². The highest BCUT2D eigenvalue weighted by Crippen LogP contribution is 2.09. The zero-order chi connectivity index (χ0) is 18.6. The number of anilines is 1. The Morgan fingerprint density at radius 1 is 1.41 bits per heavy atom. The van der Waals surface area contributed by atoms with Gasteiger partial charge in [0.1, 0.15) is 25.5 Å². The average molecular weight is 446 g/mol. The van der Waals surface area contributed by atoms with Crippen LogP contribution in [0.1, 0.15) is 13.8 Å². The maximum atomic E-state index is 11.8. The van der Waals surface area contributed by atoms with E-state index in [2.05, 4.69) is 15.0 Å². The summed E-state index contributed by atoms with van der Waals surface area (Å²) in [7, 11) is 0. The molecule has 27 heavy (non-hydrogen) atoms. The van der Waals surface area contributed by atoms with Gasteiger partial charge in [0.15, 0.2) is 11.2 Å². The van der Waals surface area contributed by atoms with Gasteiger partial charge in [0, 0.05) is 0 Å². The average Bonchev–Trinajstić information content (AvgIpc) is 2.97. The Hall–Kier alpha value is -1.59. The minimum absolute atomic E-state index is 0. The number of ether oxygens (including phenoxy) is 2. The van der Waals surface area contributed by atoms with Gasteiger partial charge in [0.2, 0.25) is 5.95 Å². The van der Waals surface area contributed by atoms with Gasteiger partial charge in [-0.3, -0.25) is 19.1 Å². The van der Waals surface area contributed by atoms with E-state index in [1.54, 1.807) is 0 Å². The van der Waals surface area contributed by atoms with Crippen molar-refractivity contribution in [3.8, 4) is 0 Å². The molecule has 0 saturated carbocycles. The number of alkyl halides is 1. The van der Waals surface area contributed by atoms with Crippen LogP contribution in [0.3, 0.4) is 0 Å². The summed E-state index contributed by atoms with van der Waals surface area (Å²) in [5.74, 6) is -0.463. The predicted molar refractivity (Wildman–Crippen MR) is 106 cm³/mol. The number of esters is 1. The van der Waals surface area contributed by atoms with Gasteiger partial charge in [0.05, 0.1) is 12.2 Å². The van der Waals surface area contributed by atoms with E-state index >= 15 is 0 Å². The monoisotopic (exact) mass is 444 g/mol. The second kappa shape index (κ2) is 11.3. The number of nitrogens with one attached hydrogen (secondary N) is 1. The number of H-pyrrole nitrogens is 1. The topological polar surface area (TPSA) is 151 Å². The highest BCUT2D eigenvalue weighted by atomic mass is 35.5. The lowest BCUT2D eigenvalue weighted by molar-refractivity contribution is -0.150. The third kappa shape index (κ3) is 6.51. The molecule has 0 saturated heterocycles. The lowest BCUT2D eigenvalue weighted by Crippen LogP contribution is -2.38. The Bertz CT molecular complexity index is 797. The number of carbonyl (C=O) groups is 1. The van der Waals surface area contributed by atoms with Crippen LogP contribution in [0.2, 0.25) is 0 Å². The summed E-state index contributed by atoms with van der Waals surface area (Å²) < 4.78 is 12.2. The molecule has 0 bridgehead atoms. The Labute approximate surface area is 172 Å². The molecule has 0 fully saturated rings. The van der Waals surface area contributed by atoms with E-state index < -0.39 is 23.7 Å². The molecule has 0 amide bonds. The molecule has 0 aromatic carbocycles. The molecule has 0 aliphatic heterocycles. The Kier molecular flexibility index (Phi) is 10.6. The van der Waals surface area contributed by atoms with Gasteiger partial charge in [-0.05, 0) is 5.92 Å². The molecule has 2 aromatic heterocycles. The zero-order valence-electron chi connectivity index (χ0n) is 14.8. The van der Waals surface area contributed by atoms with Crippen molar-refractivity contribution in [2.75, 3.05) is 18.2 Å². The number of aromatic nitrogens is 4. The number of carbonyl (C=O) groups excluding carboxylic acids is 1. The molecule has 2 atom stereocenters. The highest BCUT2D eigenvalue weighted by Gasteiger charge is 2.21. The fourth-order valence-corrected chi connectivity index (χ4v) is 2.11. The van der Waals surface area contributed by atoms with Crippen molar-refractivity contribution in [1.82, 2.24) is 19.5 Å². The van der Waals surface area contributed by atoms with Crippen LogP contribution in [-0.4, -0.2) is 50.1 Å². The number of aromatic amines is 1. The van der Waals surface area contributed by atoms with Crippen molar-refractivity contribution in [1.29, 1.82) is 0 Å². The van der Waals surface area contributed by atoms with Crippen molar-refractivity contribution in [2.45, 2.75) is 32.7 Å². The summed E-state index contributed by atoms with van der Waals surface area (Å²) in [5.41, 5.74) is 11.2. The molecule has 2 heterocycles. The van der Waals surface area contributed by atoms with Crippen LogP contribution in [0.4, 0.5) is 5.95 Å². The minimum atomic E-state index is -0.701. The van der Waals surface area contributed by atoms with E-state index in [1.165, 1.54) is 10.9 Å². The molecule has 5 N–H and O–H groups in total. The predicted octanol–water partition coefficient (Wildman–Crippen LogP) is 0.653. The maximum absolute atomic E-state index is 11.8. The van der Waals surface area contributed by atoms with Crippen LogP contribution in [0.5, 0.6) is 0 Å². The first-order valence-electron chi connectivity index (χ1n) is 7.63. The second-order valence-corrected chi connectivity index (χ2v) is 6.12. The third-order valence-corrected chi connectivity index (χ3v) is 3.86. The van der Waals surface area contributed by atoms with Crippen molar-refractivity contribution < 1.29 is 14.3 Å². The summed E-state index contributed by atoms with van der Waals surface area (Å²) in [5, 5.41) is 0. The number of nitrogen functional groups attached to an aromatic ring is 1. The third-order valence-electron chi connectivity index (χ3n) is 3.52. The van der Waals surface area contributed by atoms with Crippen molar-refractivity contribution in [3.05, 3.63) is 16.7 Å². The number of halogens is 3. The number of hydrogen-bond acceptors (Lipinski definition) is 8. The van der Waals surface area contributed by atoms with Crippen LogP contribution in [0, 0.1) is 5.92 Å². The van der Waals surface area contributed by atoms with E-state index in [1.807, 2.05) is 13.8 Å². The summed E-state index contributed by atoms with van der Waals surface area (Å²) in [6, 6.07) is -0.701. The van der Waals surface area contributed by atoms with Gasteiger partial charge in [-0.15, -0.1) is 36.4 Å². The highest BCUT2D eigenvalue weighted by molar-refractivity contribution is 6.18. The van der Waals surface area contributed by atoms with E-state index in [9.17, 15) is 9.59 Å². The van der Waals surface area contributed by atoms with Gasteiger partial charge in [-0.1, -0.05) is 13.8 Å².